The maximum absolute atomic E-state index is 13.8. The molecule has 5 heteroatoms. The average molecular weight is 378 g/mol. The number of rotatable bonds is 4. The normalized spacial score (nSPS) is 19.6. The summed E-state index contributed by atoms with van der Waals surface area (Å²) in [6.45, 7) is 1.97. The molecule has 1 heterocycles. The van der Waals surface area contributed by atoms with Crippen LogP contribution >= 0.6 is 0 Å². The van der Waals surface area contributed by atoms with Gasteiger partial charge in [-0.05, 0) is 61.4 Å². The maximum Gasteiger partial charge on any atom is 0.246 e. The van der Waals surface area contributed by atoms with Crippen molar-refractivity contribution >= 4 is 20.9 Å². The van der Waals surface area contributed by atoms with E-state index in [4.69, 9.17) is 0 Å². The molecular weight excluding hydrogens is 356 g/mol. The lowest BCUT2D eigenvalue weighted by Gasteiger charge is -2.29. The summed E-state index contributed by atoms with van der Waals surface area (Å²) in [4.78, 5) is 4.80. The summed E-state index contributed by atoms with van der Waals surface area (Å²) >= 11 is 0. The number of pyridine rings is 1. The molecule has 0 saturated heterocycles. The van der Waals surface area contributed by atoms with Crippen molar-refractivity contribution in [3.63, 3.8) is 0 Å². The fourth-order valence-corrected chi connectivity index (χ4v) is 6.36. The molecule has 0 bridgehead atoms. The van der Waals surface area contributed by atoms with Gasteiger partial charge in [-0.2, -0.15) is 4.31 Å². The first kappa shape index (κ1) is 16.9. The van der Waals surface area contributed by atoms with Gasteiger partial charge in [0.25, 0.3) is 0 Å². The van der Waals surface area contributed by atoms with Crippen LogP contribution in [0.1, 0.15) is 42.0 Å². The third kappa shape index (κ3) is 2.77. The van der Waals surface area contributed by atoms with E-state index in [1.807, 2.05) is 37.3 Å². The Hall–Kier alpha value is -2.24. The van der Waals surface area contributed by atoms with Crippen molar-refractivity contribution in [2.24, 2.45) is 0 Å². The minimum absolute atomic E-state index is 0.0700. The van der Waals surface area contributed by atoms with Crippen LogP contribution in [0.4, 0.5) is 0 Å². The quantitative estimate of drug-likeness (QED) is 0.677. The summed E-state index contributed by atoms with van der Waals surface area (Å²) in [5, 5.41) is 0.874. The van der Waals surface area contributed by atoms with Gasteiger partial charge in [0.2, 0.25) is 10.0 Å². The highest BCUT2D eigenvalue weighted by Gasteiger charge is 2.45. The molecule has 0 aliphatic heterocycles. The number of fused-ring (bicyclic) bond motifs is 2. The topological polar surface area (TPSA) is 50.3 Å². The highest BCUT2D eigenvalue weighted by molar-refractivity contribution is 7.89. The van der Waals surface area contributed by atoms with Crippen molar-refractivity contribution in [2.75, 3.05) is 0 Å². The first-order valence-corrected chi connectivity index (χ1v) is 11.0. The van der Waals surface area contributed by atoms with E-state index in [0.29, 0.717) is 10.4 Å². The van der Waals surface area contributed by atoms with Crippen LogP contribution in [0.2, 0.25) is 0 Å². The monoisotopic (exact) mass is 378 g/mol. The van der Waals surface area contributed by atoms with Gasteiger partial charge in [0.15, 0.2) is 0 Å². The van der Waals surface area contributed by atoms with Crippen LogP contribution < -0.4 is 0 Å². The van der Waals surface area contributed by atoms with Crippen LogP contribution in [0, 0.1) is 6.92 Å². The van der Waals surface area contributed by atoms with Crippen LogP contribution in [0.15, 0.2) is 59.6 Å². The second-order valence-electron chi connectivity index (χ2n) is 7.66. The molecule has 1 saturated carbocycles. The lowest BCUT2D eigenvalue weighted by molar-refractivity contribution is 0.314. The summed E-state index contributed by atoms with van der Waals surface area (Å²) in [6.07, 6.45) is 5.41. The zero-order valence-electron chi connectivity index (χ0n) is 15.3. The predicted molar refractivity (Wildman–Crippen MR) is 106 cm³/mol. The molecule has 0 spiro atoms. The van der Waals surface area contributed by atoms with Gasteiger partial charge in [0.05, 0.1) is 11.6 Å². The Labute approximate surface area is 159 Å². The molecule has 138 valence electrons. The molecule has 1 fully saturated rings. The SMILES string of the molecule is Cc1cnc2c(S(=O)(=O)N(C3CC3)[C@@H]3CCc4ccccc43)cccc2c1. The second kappa shape index (κ2) is 6.14. The summed E-state index contributed by atoms with van der Waals surface area (Å²) in [5.74, 6) is 0. The molecule has 2 aliphatic carbocycles. The highest BCUT2D eigenvalue weighted by atomic mass is 32.2. The van der Waals surface area contributed by atoms with Crippen LogP contribution in [0.5, 0.6) is 0 Å². The van der Waals surface area contributed by atoms with Gasteiger partial charge >= 0.3 is 0 Å². The van der Waals surface area contributed by atoms with Crippen LogP contribution in [-0.4, -0.2) is 23.7 Å². The Balaban J connectivity index is 1.66. The van der Waals surface area contributed by atoms with Crippen LogP contribution in [-0.2, 0) is 16.4 Å². The number of hydrogen-bond acceptors (Lipinski definition) is 3. The number of nitrogens with zero attached hydrogens (tertiary/aromatic N) is 2. The van der Waals surface area contributed by atoms with Crippen molar-refractivity contribution in [1.82, 2.24) is 9.29 Å². The van der Waals surface area contributed by atoms with Gasteiger partial charge in [-0.1, -0.05) is 36.4 Å². The Morgan fingerprint density at radius 1 is 1.04 bits per heavy atom. The van der Waals surface area contributed by atoms with Crippen molar-refractivity contribution < 1.29 is 8.42 Å². The zero-order chi connectivity index (χ0) is 18.6. The van der Waals surface area contributed by atoms with Gasteiger partial charge in [-0.3, -0.25) is 4.98 Å². The smallest absolute Gasteiger partial charge is 0.246 e. The maximum atomic E-state index is 13.8. The number of benzene rings is 2. The molecule has 27 heavy (non-hydrogen) atoms. The average Bonchev–Trinajstić information content (AvgIpc) is 3.40. The van der Waals surface area contributed by atoms with E-state index in [2.05, 4.69) is 17.1 Å². The first-order chi connectivity index (χ1) is 13.1. The minimum atomic E-state index is -3.63. The fourth-order valence-electron chi connectivity index (χ4n) is 4.31. The Kier molecular flexibility index (Phi) is 3.85. The van der Waals surface area contributed by atoms with E-state index < -0.39 is 10.0 Å². The summed E-state index contributed by atoms with van der Waals surface area (Å²) in [6, 6.07) is 15.7. The highest BCUT2D eigenvalue weighted by Crippen LogP contribution is 2.45. The molecule has 2 aromatic carbocycles. The van der Waals surface area contributed by atoms with Gasteiger partial charge in [0.1, 0.15) is 4.90 Å². The fraction of sp³-hybridized carbons (Fsp3) is 0.318. The molecule has 3 aromatic rings. The van der Waals surface area contributed by atoms with Crippen molar-refractivity contribution in [3.8, 4) is 0 Å². The van der Waals surface area contributed by atoms with Gasteiger partial charge < -0.3 is 0 Å². The first-order valence-electron chi connectivity index (χ1n) is 9.52. The van der Waals surface area contributed by atoms with E-state index >= 15 is 0 Å². The largest absolute Gasteiger partial charge is 0.255 e. The van der Waals surface area contributed by atoms with Gasteiger partial charge in [0, 0.05) is 17.6 Å². The molecular formula is C22H22N2O2S. The van der Waals surface area contributed by atoms with Gasteiger partial charge in [-0.15, -0.1) is 0 Å². The molecule has 4 nitrogen and oxygen atoms in total. The van der Waals surface area contributed by atoms with E-state index in [9.17, 15) is 8.42 Å². The lowest BCUT2D eigenvalue weighted by Crippen LogP contribution is -2.36. The third-order valence-corrected chi connectivity index (χ3v) is 7.67. The molecule has 0 N–H and O–H groups in total. The van der Waals surface area contributed by atoms with E-state index in [-0.39, 0.29) is 12.1 Å². The predicted octanol–water partition coefficient (Wildman–Crippen LogP) is 4.38. The molecule has 5 rings (SSSR count). The number of hydrogen-bond donors (Lipinski definition) is 0. The number of aryl methyl sites for hydroxylation is 2. The van der Waals surface area contributed by atoms with E-state index in [1.54, 1.807) is 16.6 Å². The molecule has 1 atom stereocenters. The Bertz CT molecular complexity index is 1140. The Morgan fingerprint density at radius 2 is 1.85 bits per heavy atom. The number of sulfonamides is 1. The summed E-state index contributed by atoms with van der Waals surface area (Å²) < 4.78 is 29.4. The zero-order valence-corrected chi connectivity index (χ0v) is 16.1. The molecule has 0 amide bonds. The van der Waals surface area contributed by atoms with Crippen molar-refractivity contribution in [2.45, 2.75) is 49.6 Å². The van der Waals surface area contributed by atoms with Crippen LogP contribution in [0.25, 0.3) is 10.9 Å². The summed E-state index contributed by atoms with van der Waals surface area (Å²) in [7, 11) is -3.63. The molecule has 0 unspecified atom stereocenters. The Morgan fingerprint density at radius 3 is 2.67 bits per heavy atom. The lowest BCUT2D eigenvalue weighted by atomic mass is 10.1. The molecule has 0 radical (unpaired) electrons. The van der Waals surface area contributed by atoms with Crippen molar-refractivity contribution in [1.29, 1.82) is 0 Å². The third-order valence-electron chi connectivity index (χ3n) is 5.68. The van der Waals surface area contributed by atoms with Gasteiger partial charge in [-0.25, -0.2) is 8.42 Å². The molecule has 1 aromatic heterocycles. The number of aromatic nitrogens is 1. The summed E-state index contributed by atoms with van der Waals surface area (Å²) in [5.41, 5.74) is 4.04. The van der Waals surface area contributed by atoms with Crippen LogP contribution in [0.3, 0.4) is 0 Å². The standard InChI is InChI=1S/C22H22N2O2S/c1-15-13-17-6-4-8-21(22(17)23-14-15)27(25,26)24(18-10-11-18)20-12-9-16-5-2-3-7-19(16)20/h2-8,13-14,18,20H,9-12H2,1H3/t20-/m1/s1. The van der Waals surface area contributed by atoms with Crippen molar-refractivity contribution in [3.05, 3.63) is 71.4 Å². The van der Waals surface area contributed by atoms with E-state index in [1.165, 1.54) is 5.56 Å². The minimum Gasteiger partial charge on any atom is -0.255 e. The second-order valence-corrected chi connectivity index (χ2v) is 9.47. The van der Waals surface area contributed by atoms with E-state index in [0.717, 1.165) is 42.2 Å². The number of para-hydroxylation sites is 1. The molecule has 2 aliphatic rings.